The molecule has 166 valence electrons. The van der Waals surface area contributed by atoms with E-state index < -0.39 is 0 Å². The maximum absolute atomic E-state index is 12.4. The Morgan fingerprint density at radius 1 is 1.06 bits per heavy atom. The van der Waals surface area contributed by atoms with E-state index in [0.717, 1.165) is 11.3 Å². The summed E-state index contributed by atoms with van der Waals surface area (Å²) in [7, 11) is 0. The molecule has 1 aliphatic rings. The van der Waals surface area contributed by atoms with Gasteiger partial charge in [0.2, 0.25) is 5.91 Å². The van der Waals surface area contributed by atoms with Crippen LogP contribution in [0, 0.1) is 0 Å². The van der Waals surface area contributed by atoms with Gasteiger partial charge in [0, 0.05) is 37.3 Å². The van der Waals surface area contributed by atoms with Gasteiger partial charge in [-0.2, -0.15) is 0 Å². The summed E-state index contributed by atoms with van der Waals surface area (Å²) in [4.78, 5) is 30.9. The van der Waals surface area contributed by atoms with Gasteiger partial charge in [-0.05, 0) is 43.7 Å². The molecule has 3 N–H and O–H groups in total. The maximum Gasteiger partial charge on any atom is 0.251 e. The predicted molar refractivity (Wildman–Crippen MR) is 135 cm³/mol. The molecule has 31 heavy (non-hydrogen) atoms. The van der Waals surface area contributed by atoms with Crippen molar-refractivity contribution in [2.24, 2.45) is 4.99 Å². The quantitative estimate of drug-likeness (QED) is 0.289. The molecule has 1 aliphatic heterocycles. The van der Waals surface area contributed by atoms with Crippen molar-refractivity contribution in [3.8, 4) is 0 Å². The number of nitrogens with zero attached hydrogens (tertiary/aromatic N) is 2. The van der Waals surface area contributed by atoms with Crippen molar-refractivity contribution in [2.75, 3.05) is 24.5 Å². The SMILES string of the molecule is CCNC(=O)c1cccc(CN=C(NCC)NC2CC(=O)N(c3ccccc3)C2)c1.I. The lowest BCUT2D eigenvalue weighted by Crippen LogP contribution is -2.44. The topological polar surface area (TPSA) is 85.8 Å². The molecule has 2 amide bonds. The molecular formula is C23H30IN5O2. The van der Waals surface area contributed by atoms with Gasteiger partial charge in [-0.3, -0.25) is 9.59 Å². The number of rotatable bonds is 7. The van der Waals surface area contributed by atoms with E-state index in [9.17, 15) is 9.59 Å². The second-order valence-electron chi connectivity index (χ2n) is 7.14. The number of nitrogens with one attached hydrogen (secondary N) is 3. The molecule has 1 unspecified atom stereocenters. The number of hydrogen-bond donors (Lipinski definition) is 3. The molecule has 1 saturated heterocycles. The zero-order chi connectivity index (χ0) is 21.3. The lowest BCUT2D eigenvalue weighted by atomic mass is 10.1. The fourth-order valence-corrected chi connectivity index (χ4v) is 3.42. The van der Waals surface area contributed by atoms with Crippen molar-refractivity contribution >= 4 is 47.4 Å². The van der Waals surface area contributed by atoms with Gasteiger partial charge in [0.15, 0.2) is 5.96 Å². The highest BCUT2D eigenvalue weighted by atomic mass is 127. The normalized spacial score (nSPS) is 15.9. The fourth-order valence-electron chi connectivity index (χ4n) is 3.42. The lowest BCUT2D eigenvalue weighted by Gasteiger charge is -2.19. The summed E-state index contributed by atoms with van der Waals surface area (Å²) < 4.78 is 0. The lowest BCUT2D eigenvalue weighted by molar-refractivity contribution is -0.117. The van der Waals surface area contributed by atoms with Crippen LogP contribution < -0.4 is 20.9 Å². The average Bonchev–Trinajstić information content (AvgIpc) is 3.13. The van der Waals surface area contributed by atoms with Crippen LogP contribution in [0.1, 0.15) is 36.2 Å². The van der Waals surface area contributed by atoms with Crippen LogP contribution in [0.4, 0.5) is 5.69 Å². The third kappa shape index (κ3) is 6.95. The Bertz CT molecular complexity index is 904. The zero-order valence-electron chi connectivity index (χ0n) is 17.9. The molecule has 2 aromatic rings. The number of anilines is 1. The summed E-state index contributed by atoms with van der Waals surface area (Å²) in [5, 5.41) is 9.42. The molecule has 1 heterocycles. The molecule has 0 saturated carbocycles. The van der Waals surface area contributed by atoms with Gasteiger partial charge in [0.05, 0.1) is 12.6 Å². The summed E-state index contributed by atoms with van der Waals surface area (Å²) in [6.07, 6.45) is 0.423. The first-order chi connectivity index (χ1) is 14.6. The van der Waals surface area contributed by atoms with E-state index in [-0.39, 0.29) is 41.8 Å². The Labute approximate surface area is 200 Å². The van der Waals surface area contributed by atoms with Crippen molar-refractivity contribution < 1.29 is 9.59 Å². The van der Waals surface area contributed by atoms with E-state index >= 15 is 0 Å². The minimum atomic E-state index is -0.0844. The van der Waals surface area contributed by atoms with Crippen LogP contribution in [0.5, 0.6) is 0 Å². The van der Waals surface area contributed by atoms with Gasteiger partial charge in [0.25, 0.3) is 5.91 Å². The first-order valence-electron chi connectivity index (χ1n) is 10.4. The summed E-state index contributed by atoms with van der Waals surface area (Å²) in [5.41, 5.74) is 2.49. The van der Waals surface area contributed by atoms with Gasteiger partial charge in [0.1, 0.15) is 0 Å². The highest BCUT2D eigenvalue weighted by Crippen LogP contribution is 2.21. The number of guanidine groups is 1. The van der Waals surface area contributed by atoms with Crippen molar-refractivity contribution in [2.45, 2.75) is 32.9 Å². The zero-order valence-corrected chi connectivity index (χ0v) is 20.3. The van der Waals surface area contributed by atoms with E-state index in [1.54, 1.807) is 11.0 Å². The average molecular weight is 535 g/mol. The molecule has 3 rings (SSSR count). The van der Waals surface area contributed by atoms with Crippen LogP contribution in [0.2, 0.25) is 0 Å². The smallest absolute Gasteiger partial charge is 0.251 e. The van der Waals surface area contributed by atoms with Gasteiger partial charge < -0.3 is 20.9 Å². The Morgan fingerprint density at radius 2 is 1.81 bits per heavy atom. The van der Waals surface area contributed by atoms with Crippen molar-refractivity contribution in [1.82, 2.24) is 16.0 Å². The summed E-state index contributed by atoms with van der Waals surface area (Å²) in [6.45, 7) is 6.24. The van der Waals surface area contributed by atoms with E-state index in [1.165, 1.54) is 0 Å². The number of carbonyl (C=O) groups is 2. The molecule has 7 nitrogen and oxygen atoms in total. The summed E-state index contributed by atoms with van der Waals surface area (Å²) in [5.74, 6) is 0.677. The Kier molecular flexibility index (Phi) is 9.77. The van der Waals surface area contributed by atoms with Gasteiger partial charge in [-0.25, -0.2) is 4.99 Å². The number of benzene rings is 2. The molecule has 8 heteroatoms. The molecule has 0 radical (unpaired) electrons. The van der Waals surface area contributed by atoms with E-state index in [0.29, 0.717) is 44.1 Å². The van der Waals surface area contributed by atoms with Crippen LogP contribution in [0.15, 0.2) is 59.6 Å². The van der Waals surface area contributed by atoms with E-state index in [2.05, 4.69) is 20.9 Å². The first kappa shape index (κ1) is 24.6. The fraction of sp³-hybridized carbons (Fsp3) is 0.348. The molecule has 1 atom stereocenters. The van der Waals surface area contributed by atoms with Gasteiger partial charge in [-0.1, -0.05) is 30.3 Å². The van der Waals surface area contributed by atoms with E-state index in [1.807, 2.05) is 62.4 Å². The summed E-state index contributed by atoms with van der Waals surface area (Å²) in [6, 6.07) is 17.2. The number of hydrogen-bond acceptors (Lipinski definition) is 3. The highest BCUT2D eigenvalue weighted by Gasteiger charge is 2.31. The molecule has 1 fully saturated rings. The van der Waals surface area contributed by atoms with Crippen LogP contribution in [0.25, 0.3) is 0 Å². The first-order valence-corrected chi connectivity index (χ1v) is 10.4. The number of aliphatic imine (C=N–C) groups is 1. The third-order valence-corrected chi connectivity index (χ3v) is 4.82. The minimum Gasteiger partial charge on any atom is -0.357 e. The van der Waals surface area contributed by atoms with E-state index in [4.69, 9.17) is 0 Å². The third-order valence-electron chi connectivity index (χ3n) is 4.82. The molecule has 0 aliphatic carbocycles. The van der Waals surface area contributed by atoms with Crippen LogP contribution >= 0.6 is 24.0 Å². The monoisotopic (exact) mass is 535 g/mol. The standard InChI is InChI=1S/C23H29N5O2.HI/c1-3-24-22(30)18-10-8-9-17(13-18)15-26-23(25-4-2)27-19-14-21(29)28(16-19)20-11-6-5-7-12-20;/h5-13,19H,3-4,14-16H2,1-2H3,(H,24,30)(H2,25,26,27);1H. The molecule has 0 bridgehead atoms. The number of carbonyl (C=O) groups excluding carboxylic acids is 2. The second-order valence-corrected chi connectivity index (χ2v) is 7.14. The highest BCUT2D eigenvalue weighted by molar-refractivity contribution is 14.0. The summed E-state index contributed by atoms with van der Waals surface area (Å²) >= 11 is 0. The number of amides is 2. The second kappa shape index (κ2) is 12.3. The molecule has 0 spiro atoms. The Morgan fingerprint density at radius 3 is 2.52 bits per heavy atom. The maximum atomic E-state index is 12.4. The largest absolute Gasteiger partial charge is 0.357 e. The molecular weight excluding hydrogens is 505 g/mol. The Hall–Kier alpha value is -2.62. The Balaban J connectivity index is 0.00000341. The van der Waals surface area contributed by atoms with Crippen LogP contribution in [-0.2, 0) is 11.3 Å². The minimum absolute atomic E-state index is 0. The predicted octanol–water partition coefficient (Wildman–Crippen LogP) is 2.91. The molecule has 0 aromatic heterocycles. The van der Waals surface area contributed by atoms with Gasteiger partial charge in [-0.15, -0.1) is 24.0 Å². The van der Waals surface area contributed by atoms with Crippen molar-refractivity contribution in [3.63, 3.8) is 0 Å². The van der Waals surface area contributed by atoms with Crippen LogP contribution in [-0.4, -0.2) is 43.5 Å². The van der Waals surface area contributed by atoms with Crippen molar-refractivity contribution in [1.29, 1.82) is 0 Å². The number of halogens is 1. The van der Waals surface area contributed by atoms with Gasteiger partial charge >= 0.3 is 0 Å². The van der Waals surface area contributed by atoms with Crippen molar-refractivity contribution in [3.05, 3.63) is 65.7 Å². The van der Waals surface area contributed by atoms with Crippen LogP contribution in [0.3, 0.4) is 0 Å². The molecule has 2 aromatic carbocycles. The number of para-hydroxylation sites is 1.